The molecule has 2 aliphatic heterocycles. The van der Waals surface area contributed by atoms with Crippen LogP contribution in [0.2, 0.25) is 0 Å². The van der Waals surface area contributed by atoms with Crippen molar-refractivity contribution in [3.05, 3.63) is 35.4 Å². The highest BCUT2D eigenvalue weighted by molar-refractivity contribution is 5.78. The van der Waals surface area contributed by atoms with Gasteiger partial charge in [-0.05, 0) is 49.9 Å². The zero-order chi connectivity index (χ0) is 21.2. The van der Waals surface area contributed by atoms with Crippen molar-refractivity contribution in [1.82, 2.24) is 10.2 Å². The van der Waals surface area contributed by atoms with Crippen molar-refractivity contribution >= 4 is 5.91 Å². The Balaban J connectivity index is 1.32. The Morgan fingerprint density at radius 3 is 2.37 bits per heavy atom. The van der Waals surface area contributed by atoms with Gasteiger partial charge in [-0.25, -0.2) is 0 Å². The first-order valence-corrected chi connectivity index (χ1v) is 10.8. The largest absolute Gasteiger partial charge is 0.416 e. The molecule has 30 heavy (non-hydrogen) atoms. The van der Waals surface area contributed by atoms with Crippen LogP contribution in [0.5, 0.6) is 0 Å². The van der Waals surface area contributed by atoms with Crippen molar-refractivity contribution in [1.29, 1.82) is 0 Å². The van der Waals surface area contributed by atoms with Gasteiger partial charge in [0.1, 0.15) is 0 Å². The van der Waals surface area contributed by atoms with Crippen LogP contribution in [-0.2, 0) is 20.4 Å². The molecule has 1 atom stereocenters. The molecule has 1 saturated carbocycles. The number of likely N-dealkylation sites (tertiary alicyclic amines) is 1. The monoisotopic (exact) mass is 426 g/mol. The van der Waals surface area contributed by atoms with E-state index in [1.165, 1.54) is 0 Å². The lowest BCUT2D eigenvalue weighted by Crippen LogP contribution is -2.48. The first kappa shape index (κ1) is 21.6. The number of carbonyl (C=O) groups is 1. The molecule has 1 aromatic rings. The number of nitrogens with one attached hydrogen (secondary N) is 1. The lowest BCUT2D eigenvalue weighted by Gasteiger charge is -2.37. The first-order valence-electron chi connectivity index (χ1n) is 10.8. The molecule has 4 rings (SSSR count). The van der Waals surface area contributed by atoms with Gasteiger partial charge in [-0.1, -0.05) is 18.6 Å². The minimum absolute atomic E-state index is 0.0250. The van der Waals surface area contributed by atoms with E-state index in [4.69, 9.17) is 9.47 Å². The number of rotatable bonds is 4. The SMILES string of the molecule is O=C(CN1CCCCC1c1ccc(C(F)(F)F)cc1)NC1CCC2(CC1)OCCO2. The number of hydrogen-bond donors (Lipinski definition) is 1. The molecule has 2 saturated heterocycles. The molecule has 0 aromatic heterocycles. The minimum atomic E-state index is -4.34. The van der Waals surface area contributed by atoms with Gasteiger partial charge in [-0.2, -0.15) is 13.2 Å². The van der Waals surface area contributed by atoms with Crippen LogP contribution < -0.4 is 5.32 Å². The summed E-state index contributed by atoms with van der Waals surface area (Å²) in [5, 5.41) is 3.13. The predicted molar refractivity (Wildman–Crippen MR) is 105 cm³/mol. The fourth-order valence-electron chi connectivity index (χ4n) is 4.90. The van der Waals surface area contributed by atoms with Crippen LogP contribution in [-0.4, -0.2) is 48.9 Å². The summed E-state index contributed by atoms with van der Waals surface area (Å²) in [6.07, 6.45) is 1.74. The lowest BCUT2D eigenvalue weighted by molar-refractivity contribution is -0.180. The average Bonchev–Trinajstić information content (AvgIpc) is 3.18. The number of amides is 1. The molecule has 1 aromatic carbocycles. The van der Waals surface area contributed by atoms with E-state index in [1.54, 1.807) is 12.1 Å². The predicted octanol–water partition coefficient (Wildman–Crippen LogP) is 4.03. The van der Waals surface area contributed by atoms with Crippen molar-refractivity contribution in [2.75, 3.05) is 26.3 Å². The molecule has 3 aliphatic rings. The van der Waals surface area contributed by atoms with E-state index in [-0.39, 0.29) is 24.5 Å². The first-order chi connectivity index (χ1) is 14.3. The van der Waals surface area contributed by atoms with Gasteiger partial charge >= 0.3 is 6.18 Å². The van der Waals surface area contributed by atoms with Gasteiger partial charge in [0, 0.05) is 24.9 Å². The summed E-state index contributed by atoms with van der Waals surface area (Å²) >= 11 is 0. The molecule has 1 unspecified atom stereocenters. The fourth-order valence-corrected chi connectivity index (χ4v) is 4.90. The van der Waals surface area contributed by atoms with Crippen LogP contribution in [0, 0.1) is 0 Å². The topological polar surface area (TPSA) is 50.8 Å². The zero-order valence-corrected chi connectivity index (χ0v) is 17.0. The maximum atomic E-state index is 12.9. The molecule has 8 heteroatoms. The van der Waals surface area contributed by atoms with Gasteiger partial charge < -0.3 is 14.8 Å². The molecular formula is C22H29F3N2O3. The summed E-state index contributed by atoms with van der Waals surface area (Å²) in [4.78, 5) is 14.8. The summed E-state index contributed by atoms with van der Waals surface area (Å²) in [7, 11) is 0. The lowest BCUT2D eigenvalue weighted by atomic mass is 9.90. The summed E-state index contributed by atoms with van der Waals surface area (Å²) in [6, 6.07) is 5.45. The Hall–Kier alpha value is -1.64. The molecule has 0 bridgehead atoms. The third kappa shape index (κ3) is 4.98. The Morgan fingerprint density at radius 1 is 1.07 bits per heavy atom. The minimum Gasteiger partial charge on any atom is -0.352 e. The van der Waals surface area contributed by atoms with Crippen LogP contribution in [0.3, 0.4) is 0 Å². The van der Waals surface area contributed by atoms with Crippen molar-refractivity contribution in [2.45, 2.75) is 69.0 Å². The van der Waals surface area contributed by atoms with E-state index in [1.807, 2.05) is 0 Å². The number of alkyl halides is 3. The Bertz CT molecular complexity index is 722. The highest BCUT2D eigenvalue weighted by Crippen LogP contribution is 2.36. The zero-order valence-electron chi connectivity index (χ0n) is 17.0. The number of halogens is 3. The third-order valence-electron chi connectivity index (χ3n) is 6.51. The molecule has 166 valence electrons. The van der Waals surface area contributed by atoms with Gasteiger partial charge in [0.15, 0.2) is 5.79 Å². The molecule has 0 radical (unpaired) electrons. The Morgan fingerprint density at radius 2 is 1.73 bits per heavy atom. The number of hydrogen-bond acceptors (Lipinski definition) is 4. The quantitative estimate of drug-likeness (QED) is 0.790. The standard InChI is InChI=1S/C22H29F3N2O3/c23-22(24,25)17-6-4-16(5-7-17)19-3-1-2-12-27(19)15-20(28)26-18-8-10-21(11-9-18)29-13-14-30-21/h4-7,18-19H,1-3,8-15H2,(H,26,28). The van der Waals surface area contributed by atoms with Crippen LogP contribution in [0.1, 0.15) is 62.1 Å². The molecule has 1 spiro atoms. The molecule has 1 amide bonds. The number of carbonyl (C=O) groups excluding carboxylic acids is 1. The highest BCUT2D eigenvalue weighted by atomic mass is 19.4. The van der Waals surface area contributed by atoms with E-state index in [9.17, 15) is 18.0 Å². The maximum absolute atomic E-state index is 12.9. The third-order valence-corrected chi connectivity index (χ3v) is 6.51. The summed E-state index contributed by atoms with van der Waals surface area (Å²) in [6.45, 7) is 2.31. The van der Waals surface area contributed by atoms with Gasteiger partial charge in [0.2, 0.25) is 5.91 Å². The molecule has 5 nitrogen and oxygen atoms in total. The van der Waals surface area contributed by atoms with Gasteiger partial charge in [-0.15, -0.1) is 0 Å². The smallest absolute Gasteiger partial charge is 0.352 e. The molecule has 3 fully saturated rings. The second-order valence-corrected chi connectivity index (χ2v) is 8.55. The van der Waals surface area contributed by atoms with Gasteiger partial charge in [0.05, 0.1) is 25.3 Å². The Labute approximate surface area is 174 Å². The normalized spacial score (nSPS) is 25.5. The number of piperidine rings is 1. The van der Waals surface area contributed by atoms with Crippen molar-refractivity contribution in [2.24, 2.45) is 0 Å². The number of nitrogens with zero attached hydrogens (tertiary/aromatic N) is 1. The van der Waals surface area contributed by atoms with E-state index in [0.717, 1.165) is 69.2 Å². The van der Waals surface area contributed by atoms with Crippen molar-refractivity contribution in [3.8, 4) is 0 Å². The van der Waals surface area contributed by atoms with Crippen molar-refractivity contribution < 1.29 is 27.4 Å². The van der Waals surface area contributed by atoms with E-state index >= 15 is 0 Å². The van der Waals surface area contributed by atoms with E-state index < -0.39 is 17.5 Å². The second-order valence-electron chi connectivity index (χ2n) is 8.55. The molecule has 1 aliphatic carbocycles. The summed E-state index contributed by atoms with van der Waals surface area (Å²) in [5.74, 6) is -0.468. The van der Waals surface area contributed by atoms with Gasteiger partial charge in [0.25, 0.3) is 0 Å². The number of ether oxygens (including phenoxy) is 2. The molecule has 1 N–H and O–H groups in total. The van der Waals surface area contributed by atoms with Gasteiger partial charge in [-0.3, -0.25) is 9.69 Å². The summed E-state index contributed by atoms with van der Waals surface area (Å²) in [5.41, 5.74) is 0.197. The van der Waals surface area contributed by atoms with Crippen LogP contribution in [0.4, 0.5) is 13.2 Å². The van der Waals surface area contributed by atoms with Crippen LogP contribution >= 0.6 is 0 Å². The van der Waals surface area contributed by atoms with E-state index in [0.29, 0.717) is 13.2 Å². The molecular weight excluding hydrogens is 397 g/mol. The highest BCUT2D eigenvalue weighted by Gasteiger charge is 2.40. The van der Waals surface area contributed by atoms with Crippen molar-refractivity contribution in [3.63, 3.8) is 0 Å². The number of benzene rings is 1. The second kappa shape index (κ2) is 8.85. The van der Waals surface area contributed by atoms with E-state index in [2.05, 4.69) is 10.2 Å². The Kier molecular flexibility index (Phi) is 6.36. The average molecular weight is 426 g/mol. The maximum Gasteiger partial charge on any atom is 0.416 e. The van der Waals surface area contributed by atoms with Crippen LogP contribution in [0.25, 0.3) is 0 Å². The molecule has 2 heterocycles. The fraction of sp³-hybridized carbons (Fsp3) is 0.682. The summed E-state index contributed by atoms with van der Waals surface area (Å²) < 4.78 is 50.0. The van der Waals surface area contributed by atoms with Crippen LogP contribution in [0.15, 0.2) is 24.3 Å².